The van der Waals surface area contributed by atoms with Gasteiger partial charge in [-0.05, 0) is 97.1 Å². The number of likely N-dealkylation sites (tertiary alicyclic amines) is 2. The minimum absolute atomic E-state index is 0.0653. The second-order valence-corrected chi connectivity index (χ2v) is 16.9. The van der Waals surface area contributed by atoms with E-state index in [9.17, 15) is 19.2 Å². The average Bonchev–Trinajstić information content (AvgIpc) is 4.14. The van der Waals surface area contributed by atoms with Crippen molar-refractivity contribution in [2.45, 2.75) is 95.8 Å². The van der Waals surface area contributed by atoms with E-state index in [4.69, 9.17) is 19.2 Å². The zero-order valence-electron chi connectivity index (χ0n) is 35.1. The van der Waals surface area contributed by atoms with Crippen molar-refractivity contribution in [1.29, 1.82) is 0 Å². The highest BCUT2D eigenvalue weighted by molar-refractivity contribution is 5.87. The Balaban J connectivity index is 0.970. The Morgan fingerprint density at radius 1 is 0.733 bits per heavy atom. The molecule has 0 spiro atoms. The maximum absolute atomic E-state index is 13.9. The number of methoxy groups -OCH3 is 2. The summed E-state index contributed by atoms with van der Waals surface area (Å²) >= 11 is 0. The van der Waals surface area contributed by atoms with Gasteiger partial charge in [-0.25, -0.2) is 14.6 Å². The molecular weight excluding hydrogens is 763 g/mol. The van der Waals surface area contributed by atoms with Gasteiger partial charge in [0.1, 0.15) is 17.9 Å². The first-order chi connectivity index (χ1) is 29.1. The molecule has 4 N–H and O–H groups in total. The van der Waals surface area contributed by atoms with E-state index >= 15 is 0 Å². The van der Waals surface area contributed by atoms with E-state index in [0.717, 1.165) is 96.5 Å². The molecule has 3 unspecified atom stereocenters. The maximum atomic E-state index is 13.9. The number of benzene rings is 2. The van der Waals surface area contributed by atoms with E-state index in [0.29, 0.717) is 32.7 Å². The Kier molecular flexibility index (Phi) is 12.3. The molecule has 4 aliphatic rings. The second-order valence-electron chi connectivity index (χ2n) is 16.9. The van der Waals surface area contributed by atoms with Crippen LogP contribution in [0, 0.1) is 11.8 Å². The molecule has 0 radical (unpaired) electrons. The molecule has 3 saturated heterocycles. The van der Waals surface area contributed by atoms with Gasteiger partial charge in [0.2, 0.25) is 11.8 Å². The Labute approximate surface area is 351 Å². The van der Waals surface area contributed by atoms with Gasteiger partial charge in [-0.3, -0.25) is 9.59 Å². The number of aromatic nitrogens is 3. The minimum Gasteiger partial charge on any atom is -0.453 e. The molecule has 60 heavy (non-hydrogen) atoms. The van der Waals surface area contributed by atoms with Crippen molar-refractivity contribution in [3.63, 3.8) is 0 Å². The number of ether oxygens (including phenoxy) is 3. The number of alkyl carbamates (subject to hydrolysis) is 2. The van der Waals surface area contributed by atoms with Crippen molar-refractivity contribution in [3.8, 4) is 33.6 Å². The van der Waals surface area contributed by atoms with Crippen LogP contribution in [-0.4, -0.2) is 101 Å². The highest BCUT2D eigenvalue weighted by Gasteiger charge is 2.41. The first-order valence-electron chi connectivity index (χ1n) is 21.5. The predicted molar refractivity (Wildman–Crippen MR) is 226 cm³/mol. The van der Waals surface area contributed by atoms with E-state index in [-0.39, 0.29) is 35.7 Å². The maximum Gasteiger partial charge on any atom is 0.407 e. The van der Waals surface area contributed by atoms with Crippen molar-refractivity contribution in [2.75, 3.05) is 40.5 Å². The lowest BCUT2D eigenvalue weighted by atomic mass is 9.88. The Morgan fingerprint density at radius 2 is 1.33 bits per heavy atom. The summed E-state index contributed by atoms with van der Waals surface area (Å²) in [6.07, 6.45) is 8.94. The topological polar surface area (TPSA) is 171 Å². The standard InChI is InChI=1S/C46H57N7O7/c1-27(2)38(50-45(56)58-3)43(54)52-22-7-11-36(52)41-34-10-6-5-9-33(34)39(49-41)31-19-15-29(16-20-31)28-13-17-30(18-14-28)35-25-47-42(48-35)37-12-8-23-53(37)44(55)40(51-46(57)59-4)32-21-24-60-26-32/h13-20,25,27,32,36-38,40,49H,5-12,21-24,26H2,1-4H3,(H,47,48)(H,50,56)(H,51,57)/t32?,36?,37-,38-,40?/m0/s1. The summed E-state index contributed by atoms with van der Waals surface area (Å²) in [5, 5.41) is 5.54. The fourth-order valence-electron chi connectivity index (χ4n) is 9.70. The number of aromatic amines is 2. The number of nitrogens with zero attached hydrogens (tertiary/aromatic N) is 3. The van der Waals surface area contributed by atoms with Crippen LogP contribution in [0.15, 0.2) is 54.7 Å². The molecule has 0 saturated carbocycles. The summed E-state index contributed by atoms with van der Waals surface area (Å²) in [4.78, 5) is 68.0. The van der Waals surface area contributed by atoms with Crippen molar-refractivity contribution in [2.24, 2.45) is 11.8 Å². The van der Waals surface area contributed by atoms with Crippen LogP contribution < -0.4 is 10.6 Å². The van der Waals surface area contributed by atoms with Gasteiger partial charge in [0.05, 0.1) is 44.8 Å². The van der Waals surface area contributed by atoms with E-state index < -0.39 is 24.3 Å². The molecule has 5 atom stereocenters. The third kappa shape index (κ3) is 8.26. The monoisotopic (exact) mass is 819 g/mol. The molecule has 5 heterocycles. The van der Waals surface area contributed by atoms with Gasteiger partial charge in [0.25, 0.3) is 0 Å². The zero-order valence-corrected chi connectivity index (χ0v) is 35.1. The lowest BCUT2D eigenvalue weighted by Gasteiger charge is -2.31. The smallest absolute Gasteiger partial charge is 0.407 e. The first kappa shape index (κ1) is 41.1. The summed E-state index contributed by atoms with van der Waals surface area (Å²) < 4.78 is 15.2. The van der Waals surface area contributed by atoms with Crippen LogP contribution in [0.5, 0.6) is 0 Å². The van der Waals surface area contributed by atoms with Crippen LogP contribution in [-0.2, 0) is 36.6 Å². The lowest BCUT2D eigenvalue weighted by Crippen LogP contribution is -2.52. The molecule has 3 fully saturated rings. The van der Waals surface area contributed by atoms with Crippen LogP contribution in [0.4, 0.5) is 9.59 Å². The Bertz CT molecular complexity index is 2170. The molecule has 2 aromatic heterocycles. The molecule has 3 aliphatic heterocycles. The molecule has 8 rings (SSSR count). The number of imidazole rings is 1. The number of H-pyrrole nitrogens is 2. The van der Waals surface area contributed by atoms with Crippen molar-refractivity contribution < 1.29 is 33.4 Å². The summed E-state index contributed by atoms with van der Waals surface area (Å²) in [6.45, 7) is 6.11. The first-order valence-corrected chi connectivity index (χ1v) is 21.5. The lowest BCUT2D eigenvalue weighted by molar-refractivity contribution is -0.136. The summed E-state index contributed by atoms with van der Waals surface area (Å²) in [6, 6.07) is 15.4. The van der Waals surface area contributed by atoms with Gasteiger partial charge in [0.15, 0.2) is 0 Å². The van der Waals surface area contributed by atoms with E-state index in [2.05, 4.69) is 69.1 Å². The highest BCUT2D eigenvalue weighted by atomic mass is 16.5. The Hall–Kier alpha value is -5.63. The fraction of sp³-hybridized carbons (Fsp3) is 0.500. The predicted octanol–water partition coefficient (Wildman–Crippen LogP) is 7.09. The van der Waals surface area contributed by atoms with E-state index in [1.165, 1.54) is 25.3 Å². The number of carbonyl (C=O) groups excluding carboxylic acids is 4. The van der Waals surface area contributed by atoms with E-state index in [1.807, 2.05) is 29.8 Å². The van der Waals surface area contributed by atoms with Crippen molar-refractivity contribution in [1.82, 2.24) is 35.4 Å². The van der Waals surface area contributed by atoms with E-state index in [1.54, 1.807) is 0 Å². The minimum atomic E-state index is -0.718. The van der Waals surface area contributed by atoms with Gasteiger partial charge < -0.3 is 44.6 Å². The molecule has 4 aromatic rings. The number of fused-ring (bicyclic) bond motifs is 1. The van der Waals surface area contributed by atoms with Crippen LogP contribution in [0.3, 0.4) is 0 Å². The van der Waals surface area contributed by atoms with Crippen LogP contribution in [0.25, 0.3) is 33.6 Å². The molecule has 2 aromatic carbocycles. The largest absolute Gasteiger partial charge is 0.453 e. The Morgan fingerprint density at radius 3 is 1.97 bits per heavy atom. The van der Waals surface area contributed by atoms with Crippen LogP contribution in [0.2, 0.25) is 0 Å². The fourth-order valence-corrected chi connectivity index (χ4v) is 9.70. The zero-order chi connectivity index (χ0) is 41.9. The molecule has 14 nitrogen and oxygen atoms in total. The van der Waals surface area contributed by atoms with Crippen LogP contribution >= 0.6 is 0 Å². The summed E-state index contributed by atoms with van der Waals surface area (Å²) in [7, 11) is 2.62. The summed E-state index contributed by atoms with van der Waals surface area (Å²) in [5.41, 5.74) is 10.1. The third-order valence-electron chi connectivity index (χ3n) is 12.9. The number of rotatable bonds is 11. The number of hydrogen-bond donors (Lipinski definition) is 4. The SMILES string of the molecule is COC(=O)NC(C(=O)N1CCC[C@H]1c1ncc(-c2ccc(-c3ccc(-c4[nH]c(C5CCCN5C(=O)[C@@H](NC(=O)OC)C(C)C)c5c4CCCC5)cc3)cc2)[nH]1)C1CCOC1. The van der Waals surface area contributed by atoms with Gasteiger partial charge in [-0.15, -0.1) is 0 Å². The number of hydrogen-bond acceptors (Lipinski definition) is 8. The van der Waals surface area contributed by atoms with Gasteiger partial charge in [0, 0.05) is 37.0 Å². The van der Waals surface area contributed by atoms with Crippen molar-refractivity contribution in [3.05, 3.63) is 77.4 Å². The normalized spacial score (nSPS) is 21.1. The highest BCUT2D eigenvalue weighted by Crippen LogP contribution is 2.42. The van der Waals surface area contributed by atoms with Gasteiger partial charge in [-0.2, -0.15) is 0 Å². The van der Waals surface area contributed by atoms with Gasteiger partial charge in [-0.1, -0.05) is 62.4 Å². The molecule has 0 bridgehead atoms. The molecular formula is C46H57N7O7. The van der Waals surface area contributed by atoms with Gasteiger partial charge >= 0.3 is 12.2 Å². The van der Waals surface area contributed by atoms with Crippen LogP contribution in [0.1, 0.15) is 93.5 Å². The average molecular weight is 820 g/mol. The molecule has 14 heteroatoms. The van der Waals surface area contributed by atoms with Crippen molar-refractivity contribution >= 4 is 24.0 Å². The summed E-state index contributed by atoms with van der Waals surface area (Å²) in [5.74, 6) is 0.334. The molecule has 318 valence electrons. The quantitative estimate of drug-likeness (QED) is 0.124. The molecule has 1 aliphatic carbocycles. The second kappa shape index (κ2) is 17.9. The molecule has 4 amide bonds. The number of carbonyl (C=O) groups is 4. The third-order valence-corrected chi connectivity index (χ3v) is 12.9. The number of amides is 4. The number of nitrogens with one attached hydrogen (secondary N) is 4.